The molecule has 5 nitrogen and oxygen atoms in total. The van der Waals surface area contributed by atoms with Crippen molar-refractivity contribution in [3.05, 3.63) is 29.3 Å². The summed E-state index contributed by atoms with van der Waals surface area (Å²) in [6, 6.07) is 0.390. The molecule has 0 saturated carbocycles. The molecule has 106 valence electrons. The smallest absolute Gasteiger partial charge is 0.303 e. The Kier molecular flexibility index (Phi) is 4.59. The lowest BCUT2D eigenvalue weighted by Gasteiger charge is -2.14. The molecule has 1 aromatic carbocycles. The molecule has 0 saturated heterocycles. The molecule has 0 aliphatic heterocycles. The van der Waals surface area contributed by atoms with Crippen LogP contribution in [0.15, 0.2) is 17.0 Å². The van der Waals surface area contributed by atoms with Crippen LogP contribution >= 0.6 is 0 Å². The Morgan fingerprint density at radius 3 is 2.47 bits per heavy atom. The second-order valence-electron chi connectivity index (χ2n) is 4.08. The van der Waals surface area contributed by atoms with Crippen molar-refractivity contribution in [2.45, 2.75) is 23.8 Å². The molecule has 3 N–H and O–H groups in total. The fraction of sp³-hybridized carbons (Fsp3) is 0.364. The third kappa shape index (κ3) is 3.71. The normalized spacial score (nSPS) is 13.3. The van der Waals surface area contributed by atoms with Gasteiger partial charge in [-0.05, 0) is 18.6 Å². The number of benzene rings is 1. The average Bonchev–Trinajstić information content (AvgIpc) is 2.24. The Hall–Kier alpha value is -1.54. The van der Waals surface area contributed by atoms with E-state index in [0.717, 1.165) is 18.4 Å². The number of carbonyl (C=O) groups is 1. The highest BCUT2D eigenvalue weighted by Gasteiger charge is 2.24. The van der Waals surface area contributed by atoms with Crippen LogP contribution in [0.25, 0.3) is 0 Å². The molecule has 8 heteroatoms. The molecule has 1 atom stereocenters. The van der Waals surface area contributed by atoms with Crippen LogP contribution < -0.4 is 5.73 Å². The molecule has 19 heavy (non-hydrogen) atoms. The second-order valence-corrected chi connectivity index (χ2v) is 6.07. The Morgan fingerprint density at radius 1 is 1.42 bits per heavy atom. The maximum absolute atomic E-state index is 14.0. The van der Waals surface area contributed by atoms with Gasteiger partial charge in [-0.2, -0.15) is 0 Å². The maximum atomic E-state index is 14.0. The van der Waals surface area contributed by atoms with Gasteiger partial charge in [-0.3, -0.25) is 4.79 Å². The van der Waals surface area contributed by atoms with Crippen molar-refractivity contribution >= 4 is 15.8 Å². The molecule has 1 aromatic rings. The Bertz CT molecular complexity index is 601. The lowest BCUT2D eigenvalue weighted by Crippen LogP contribution is -2.17. The van der Waals surface area contributed by atoms with E-state index in [9.17, 15) is 22.0 Å². The standard InChI is InChI=1S/C11H13F2NO4S/c1-19(17,18)8-4-2-6(12)10(11(8)13)7(14)3-5-9(15)16/h2,4,7H,3,5,14H2,1H3,(H,15,16). The van der Waals surface area contributed by atoms with Gasteiger partial charge in [0.05, 0.1) is 0 Å². The molecule has 1 unspecified atom stereocenters. The molecule has 0 aliphatic rings. The highest BCUT2D eigenvalue weighted by Crippen LogP contribution is 2.27. The van der Waals surface area contributed by atoms with Crippen LogP contribution in [0.3, 0.4) is 0 Å². The number of halogens is 2. The van der Waals surface area contributed by atoms with Crippen LogP contribution in [-0.2, 0) is 14.6 Å². The van der Waals surface area contributed by atoms with Gasteiger partial charge >= 0.3 is 5.97 Å². The average molecular weight is 293 g/mol. The molecule has 0 aromatic heterocycles. The van der Waals surface area contributed by atoms with Gasteiger partial charge in [0, 0.05) is 24.3 Å². The van der Waals surface area contributed by atoms with Crippen LogP contribution in [0.1, 0.15) is 24.4 Å². The van der Waals surface area contributed by atoms with E-state index in [0.29, 0.717) is 0 Å². The lowest BCUT2D eigenvalue weighted by molar-refractivity contribution is -0.137. The van der Waals surface area contributed by atoms with Gasteiger partial charge in [-0.25, -0.2) is 17.2 Å². The number of hydrogen-bond donors (Lipinski definition) is 2. The SMILES string of the molecule is CS(=O)(=O)c1ccc(F)c(C(N)CCC(=O)O)c1F. The number of nitrogens with two attached hydrogens (primary N) is 1. The topological polar surface area (TPSA) is 97.5 Å². The molecule has 0 radical (unpaired) electrons. The molecule has 0 spiro atoms. The Balaban J connectivity index is 3.23. The third-order valence-electron chi connectivity index (χ3n) is 2.53. The second kappa shape index (κ2) is 5.62. The van der Waals surface area contributed by atoms with Gasteiger partial charge in [0.15, 0.2) is 9.84 Å². The van der Waals surface area contributed by atoms with Crippen molar-refractivity contribution in [2.75, 3.05) is 6.26 Å². The fourth-order valence-corrected chi connectivity index (χ4v) is 2.35. The van der Waals surface area contributed by atoms with Crippen LogP contribution in [0.4, 0.5) is 8.78 Å². The first kappa shape index (κ1) is 15.5. The van der Waals surface area contributed by atoms with E-state index >= 15 is 0 Å². The summed E-state index contributed by atoms with van der Waals surface area (Å²) in [6.07, 6.45) is 0.218. The van der Waals surface area contributed by atoms with E-state index in [-0.39, 0.29) is 12.8 Å². The summed E-state index contributed by atoms with van der Waals surface area (Å²) in [5.41, 5.74) is 4.91. The van der Waals surface area contributed by atoms with Crippen molar-refractivity contribution in [3.8, 4) is 0 Å². The fourth-order valence-electron chi connectivity index (χ4n) is 1.60. The quantitative estimate of drug-likeness (QED) is 0.796. The summed E-state index contributed by atoms with van der Waals surface area (Å²) in [4.78, 5) is 9.73. The van der Waals surface area contributed by atoms with Crippen LogP contribution in [-0.4, -0.2) is 25.7 Å². The number of rotatable bonds is 5. The lowest BCUT2D eigenvalue weighted by atomic mass is 10.0. The number of carboxylic acid groups (broad SMARTS) is 1. The predicted octanol–water partition coefficient (Wildman–Crippen LogP) is 1.23. The van der Waals surface area contributed by atoms with Gasteiger partial charge < -0.3 is 10.8 Å². The van der Waals surface area contributed by atoms with E-state index in [4.69, 9.17) is 10.8 Å². The molecule has 0 amide bonds. The predicted molar refractivity (Wildman–Crippen MR) is 63.3 cm³/mol. The van der Waals surface area contributed by atoms with Gasteiger partial charge in [-0.15, -0.1) is 0 Å². The minimum Gasteiger partial charge on any atom is -0.481 e. The summed E-state index contributed by atoms with van der Waals surface area (Å²) >= 11 is 0. The van der Waals surface area contributed by atoms with Crippen molar-refractivity contribution in [1.29, 1.82) is 0 Å². The number of aliphatic carboxylic acids is 1. The highest BCUT2D eigenvalue weighted by atomic mass is 32.2. The Morgan fingerprint density at radius 2 is 2.00 bits per heavy atom. The zero-order valence-electron chi connectivity index (χ0n) is 10.1. The summed E-state index contributed by atoms with van der Waals surface area (Å²) in [5.74, 6) is -3.42. The number of sulfone groups is 1. The van der Waals surface area contributed by atoms with E-state index in [1.807, 2.05) is 0 Å². The van der Waals surface area contributed by atoms with Crippen LogP contribution in [0.2, 0.25) is 0 Å². The van der Waals surface area contributed by atoms with Crippen LogP contribution in [0.5, 0.6) is 0 Å². The van der Waals surface area contributed by atoms with Crippen molar-refractivity contribution in [2.24, 2.45) is 5.73 Å². The zero-order chi connectivity index (χ0) is 14.8. The largest absolute Gasteiger partial charge is 0.481 e. The molecule has 0 fully saturated rings. The molecule has 1 rings (SSSR count). The first-order chi connectivity index (χ1) is 8.64. The molecular weight excluding hydrogens is 280 g/mol. The molecular formula is C11H13F2NO4S. The summed E-state index contributed by atoms with van der Waals surface area (Å²) in [7, 11) is -3.85. The minimum absolute atomic E-state index is 0.198. The number of carboxylic acids is 1. The van der Waals surface area contributed by atoms with Crippen molar-refractivity contribution < 1.29 is 27.1 Å². The van der Waals surface area contributed by atoms with E-state index < -0.39 is 43.9 Å². The van der Waals surface area contributed by atoms with E-state index in [1.165, 1.54) is 0 Å². The van der Waals surface area contributed by atoms with Crippen molar-refractivity contribution in [1.82, 2.24) is 0 Å². The molecule has 0 aliphatic carbocycles. The van der Waals surface area contributed by atoms with Gasteiger partial charge in [0.25, 0.3) is 0 Å². The highest BCUT2D eigenvalue weighted by molar-refractivity contribution is 7.90. The van der Waals surface area contributed by atoms with Crippen LogP contribution in [0, 0.1) is 11.6 Å². The molecule has 0 heterocycles. The first-order valence-electron chi connectivity index (χ1n) is 5.30. The van der Waals surface area contributed by atoms with E-state index in [1.54, 1.807) is 0 Å². The van der Waals surface area contributed by atoms with E-state index in [2.05, 4.69) is 0 Å². The Labute approximate surface area is 109 Å². The maximum Gasteiger partial charge on any atom is 0.303 e. The minimum atomic E-state index is -3.85. The summed E-state index contributed by atoms with van der Waals surface area (Å²) in [5, 5.41) is 8.49. The van der Waals surface area contributed by atoms with Gasteiger partial charge in [0.2, 0.25) is 0 Å². The first-order valence-corrected chi connectivity index (χ1v) is 7.19. The molecule has 0 bridgehead atoms. The van der Waals surface area contributed by atoms with Crippen molar-refractivity contribution in [3.63, 3.8) is 0 Å². The monoisotopic (exact) mass is 293 g/mol. The number of hydrogen-bond acceptors (Lipinski definition) is 4. The van der Waals surface area contributed by atoms with Gasteiger partial charge in [0.1, 0.15) is 16.5 Å². The van der Waals surface area contributed by atoms with Gasteiger partial charge in [-0.1, -0.05) is 0 Å². The summed E-state index contributed by atoms with van der Waals surface area (Å²) < 4.78 is 50.1. The third-order valence-corrected chi connectivity index (χ3v) is 3.64. The summed E-state index contributed by atoms with van der Waals surface area (Å²) in [6.45, 7) is 0. The zero-order valence-corrected chi connectivity index (χ0v) is 10.9.